The van der Waals surface area contributed by atoms with Crippen LogP contribution >= 0.6 is 27.3 Å². The number of hydrogen-bond donors (Lipinski definition) is 0. The zero-order valence-corrected chi connectivity index (χ0v) is 9.32. The molecule has 1 aromatic heterocycles. The van der Waals surface area contributed by atoms with Crippen molar-refractivity contribution in [2.45, 2.75) is 0 Å². The van der Waals surface area contributed by atoms with Gasteiger partial charge >= 0.3 is 0 Å². The lowest BCUT2D eigenvalue weighted by molar-refractivity contribution is 1.44. The average Bonchev–Trinajstić information content (AvgIpc) is 2.65. The molecule has 1 heterocycles. The predicted molar refractivity (Wildman–Crippen MR) is 59.0 cm³/mol. The number of rotatable bonds is 0. The summed E-state index contributed by atoms with van der Waals surface area (Å²) in [5.41, 5.74) is 0.840. The second-order valence-electron chi connectivity index (χ2n) is 2.68. The molecule has 0 unspecified atom stereocenters. The fourth-order valence-corrected chi connectivity index (χ4v) is 2.90. The van der Waals surface area contributed by atoms with Gasteiger partial charge in [0.2, 0.25) is 0 Å². The van der Waals surface area contributed by atoms with Crippen LogP contribution in [0.2, 0.25) is 0 Å². The van der Waals surface area contributed by atoms with E-state index < -0.39 is 0 Å². The van der Waals surface area contributed by atoms with Crippen molar-refractivity contribution in [3.63, 3.8) is 0 Å². The molecule has 66 valence electrons. The van der Waals surface area contributed by atoms with Gasteiger partial charge < -0.3 is 0 Å². The minimum absolute atomic E-state index is 0.419. The van der Waals surface area contributed by atoms with Crippen LogP contribution in [0.25, 0.3) is 10.1 Å². The number of fused-ring (bicyclic) bond motifs is 1. The minimum atomic E-state index is 0.419. The Hall–Kier alpha value is -1.36. The van der Waals surface area contributed by atoms with Crippen molar-refractivity contribution in [1.82, 2.24) is 0 Å². The van der Waals surface area contributed by atoms with Crippen molar-refractivity contribution in [2.75, 3.05) is 0 Å². The van der Waals surface area contributed by atoms with Gasteiger partial charge in [0.1, 0.15) is 12.1 Å². The van der Waals surface area contributed by atoms with Crippen LogP contribution in [0.5, 0.6) is 0 Å². The van der Waals surface area contributed by atoms with E-state index in [9.17, 15) is 0 Å². The largest absolute Gasteiger partial charge is 0.192 e. The molecular weight excluding hydrogens is 260 g/mol. The number of nitrogens with zero attached hydrogens (tertiary/aromatic N) is 2. The number of benzene rings is 1. The summed E-state index contributed by atoms with van der Waals surface area (Å²) in [5.74, 6) is 0. The van der Waals surface area contributed by atoms with Crippen molar-refractivity contribution in [3.8, 4) is 12.1 Å². The zero-order chi connectivity index (χ0) is 10.1. The zero-order valence-electron chi connectivity index (χ0n) is 6.91. The molecule has 0 atom stereocenters. The molecule has 0 N–H and O–H groups in total. The number of thiophene rings is 1. The van der Waals surface area contributed by atoms with Crippen LogP contribution in [0.4, 0.5) is 0 Å². The van der Waals surface area contributed by atoms with E-state index in [1.807, 2.05) is 23.6 Å². The summed E-state index contributed by atoms with van der Waals surface area (Å²) < 4.78 is 1.74. The maximum atomic E-state index is 8.90. The van der Waals surface area contributed by atoms with Crippen LogP contribution in [0.3, 0.4) is 0 Å². The van der Waals surface area contributed by atoms with Gasteiger partial charge in [-0.15, -0.1) is 11.3 Å². The van der Waals surface area contributed by atoms with Gasteiger partial charge in [0.15, 0.2) is 0 Å². The minimum Gasteiger partial charge on any atom is -0.192 e. The van der Waals surface area contributed by atoms with Crippen LogP contribution in [0.1, 0.15) is 11.1 Å². The molecule has 0 saturated heterocycles. The van der Waals surface area contributed by atoms with E-state index in [4.69, 9.17) is 10.5 Å². The Bertz CT molecular complexity index is 586. The highest BCUT2D eigenvalue weighted by Gasteiger charge is 2.11. The quantitative estimate of drug-likeness (QED) is 0.731. The molecular formula is C10H3BrN2S. The summed E-state index contributed by atoms with van der Waals surface area (Å²) in [6.45, 7) is 0. The van der Waals surface area contributed by atoms with E-state index in [0.29, 0.717) is 11.1 Å². The molecule has 0 aliphatic carbocycles. The number of nitriles is 2. The van der Waals surface area contributed by atoms with Gasteiger partial charge in [-0.2, -0.15) is 10.5 Å². The van der Waals surface area contributed by atoms with Gasteiger partial charge in [-0.1, -0.05) is 0 Å². The highest BCUT2D eigenvalue weighted by Crippen LogP contribution is 2.33. The first-order valence-corrected chi connectivity index (χ1v) is 5.45. The Morgan fingerprint density at radius 2 is 2.07 bits per heavy atom. The van der Waals surface area contributed by atoms with E-state index in [1.54, 1.807) is 17.4 Å². The fraction of sp³-hybridized carbons (Fsp3) is 0. The number of halogens is 1. The molecule has 4 heteroatoms. The molecule has 0 amide bonds. The Balaban J connectivity index is 2.97. The maximum absolute atomic E-state index is 8.90. The SMILES string of the molecule is N#Cc1cc2ccsc2c(Br)c1C#N. The van der Waals surface area contributed by atoms with Crippen molar-refractivity contribution in [3.05, 3.63) is 33.1 Å². The molecule has 0 spiro atoms. The molecule has 0 bridgehead atoms. The third kappa shape index (κ3) is 1.21. The summed E-state index contributed by atoms with van der Waals surface area (Å²) >= 11 is 4.90. The Morgan fingerprint density at radius 3 is 2.71 bits per heavy atom. The van der Waals surface area contributed by atoms with Crippen molar-refractivity contribution < 1.29 is 0 Å². The lowest BCUT2D eigenvalue weighted by atomic mass is 10.1. The monoisotopic (exact) mass is 262 g/mol. The Morgan fingerprint density at radius 1 is 1.29 bits per heavy atom. The highest BCUT2D eigenvalue weighted by atomic mass is 79.9. The third-order valence-electron chi connectivity index (χ3n) is 1.92. The molecule has 2 aromatic rings. The van der Waals surface area contributed by atoms with E-state index >= 15 is 0 Å². The lowest BCUT2D eigenvalue weighted by Crippen LogP contribution is -1.85. The average molecular weight is 263 g/mol. The molecule has 0 fully saturated rings. The lowest BCUT2D eigenvalue weighted by Gasteiger charge is -1.99. The first kappa shape index (κ1) is 9.21. The summed E-state index contributed by atoms with van der Waals surface area (Å²) in [4.78, 5) is 0. The number of hydrogen-bond acceptors (Lipinski definition) is 3. The van der Waals surface area contributed by atoms with Crippen LogP contribution in [0, 0.1) is 22.7 Å². The van der Waals surface area contributed by atoms with Crippen LogP contribution in [0.15, 0.2) is 22.0 Å². The van der Waals surface area contributed by atoms with Crippen molar-refractivity contribution >= 4 is 37.4 Å². The van der Waals surface area contributed by atoms with E-state index in [-0.39, 0.29) is 0 Å². The van der Waals surface area contributed by atoms with Crippen molar-refractivity contribution in [1.29, 1.82) is 10.5 Å². The van der Waals surface area contributed by atoms with Gasteiger partial charge in [0.25, 0.3) is 0 Å². The summed E-state index contributed by atoms with van der Waals surface area (Å²) in [6.07, 6.45) is 0. The van der Waals surface area contributed by atoms with Gasteiger partial charge in [-0.05, 0) is 38.8 Å². The van der Waals surface area contributed by atoms with Gasteiger partial charge in [0, 0.05) is 4.70 Å². The molecule has 0 saturated carbocycles. The van der Waals surface area contributed by atoms with Gasteiger partial charge in [0.05, 0.1) is 15.6 Å². The Kier molecular flexibility index (Phi) is 2.25. The van der Waals surface area contributed by atoms with Gasteiger partial charge in [-0.25, -0.2) is 0 Å². The first-order valence-electron chi connectivity index (χ1n) is 3.78. The van der Waals surface area contributed by atoms with Crippen LogP contribution in [-0.4, -0.2) is 0 Å². The maximum Gasteiger partial charge on any atom is 0.102 e. The van der Waals surface area contributed by atoms with E-state index in [2.05, 4.69) is 15.9 Å². The summed E-state index contributed by atoms with van der Waals surface area (Å²) in [7, 11) is 0. The Labute approximate surface area is 93.1 Å². The molecule has 14 heavy (non-hydrogen) atoms. The molecule has 0 aliphatic heterocycles. The molecule has 1 aromatic carbocycles. The molecule has 2 nitrogen and oxygen atoms in total. The smallest absolute Gasteiger partial charge is 0.102 e. The summed E-state index contributed by atoms with van der Waals surface area (Å²) in [5, 5.41) is 20.7. The van der Waals surface area contributed by atoms with E-state index in [1.165, 1.54) is 0 Å². The van der Waals surface area contributed by atoms with E-state index in [0.717, 1.165) is 14.6 Å². The second kappa shape index (κ2) is 3.42. The highest BCUT2D eigenvalue weighted by molar-refractivity contribution is 9.10. The van der Waals surface area contributed by atoms with Gasteiger partial charge in [-0.3, -0.25) is 0 Å². The molecule has 0 radical (unpaired) electrons. The first-order chi connectivity index (χ1) is 6.77. The molecule has 0 aliphatic rings. The fourth-order valence-electron chi connectivity index (χ4n) is 1.27. The van der Waals surface area contributed by atoms with Crippen LogP contribution in [-0.2, 0) is 0 Å². The predicted octanol–water partition coefficient (Wildman–Crippen LogP) is 3.41. The normalized spacial score (nSPS) is 9.64. The standard InChI is InChI=1S/C10H3BrN2S/c11-9-8(5-13)7(4-12)3-6-1-2-14-10(6)9/h1-3H. The third-order valence-corrected chi connectivity index (χ3v) is 3.92. The molecule has 2 rings (SSSR count). The summed E-state index contributed by atoms with van der Waals surface area (Å²) in [6, 6.07) is 7.74. The van der Waals surface area contributed by atoms with Crippen LogP contribution < -0.4 is 0 Å². The van der Waals surface area contributed by atoms with Crippen molar-refractivity contribution in [2.24, 2.45) is 0 Å². The topological polar surface area (TPSA) is 47.6 Å². The second-order valence-corrected chi connectivity index (χ2v) is 4.38.